The number of benzene rings is 4. The van der Waals surface area contributed by atoms with Crippen LogP contribution in [0, 0.1) is 0 Å². The zero-order valence-corrected chi connectivity index (χ0v) is 21.1. The highest BCUT2D eigenvalue weighted by atomic mass is 16.6. The first-order valence-electron chi connectivity index (χ1n) is 12.2. The molecule has 0 aromatic heterocycles. The third-order valence-electron chi connectivity index (χ3n) is 6.42. The van der Waals surface area contributed by atoms with Crippen molar-refractivity contribution in [1.82, 2.24) is 0 Å². The van der Waals surface area contributed by atoms with Crippen LogP contribution in [0.2, 0.25) is 0 Å². The number of carbonyl (C=O) groups is 7. The van der Waals surface area contributed by atoms with Gasteiger partial charge in [0.05, 0.1) is 33.4 Å². The Morgan fingerprint density at radius 1 is 0.429 bits per heavy atom. The monoisotopic (exact) mass is 562 g/mol. The number of cyclic esters (lactones) is 4. The summed E-state index contributed by atoms with van der Waals surface area (Å²) in [7, 11) is 0. The molecule has 11 heteroatoms. The van der Waals surface area contributed by atoms with Gasteiger partial charge in [-0.2, -0.15) is 0 Å². The molecule has 0 unspecified atom stereocenters. The summed E-state index contributed by atoms with van der Waals surface area (Å²) >= 11 is 0. The molecule has 0 fully saturated rings. The van der Waals surface area contributed by atoms with Crippen molar-refractivity contribution in [3.63, 3.8) is 0 Å². The molecule has 0 atom stereocenters. The summed E-state index contributed by atoms with van der Waals surface area (Å²) in [6.45, 7) is 0. The molecule has 4 aromatic rings. The summed E-state index contributed by atoms with van der Waals surface area (Å²) in [5.41, 5.74) is 0.953. The van der Waals surface area contributed by atoms with Gasteiger partial charge >= 0.3 is 35.8 Å². The number of ketones is 1. The first-order chi connectivity index (χ1) is 20.2. The van der Waals surface area contributed by atoms with Gasteiger partial charge in [-0.05, 0) is 60.7 Å². The predicted octanol–water partition coefficient (Wildman–Crippen LogP) is 3.98. The van der Waals surface area contributed by atoms with Crippen molar-refractivity contribution >= 4 is 41.6 Å². The Bertz CT molecular complexity index is 1750. The number of carbonyl (C=O) groups excluding carboxylic acids is 7. The number of esters is 6. The molecule has 0 spiro atoms. The maximum atomic E-state index is 12.9. The van der Waals surface area contributed by atoms with E-state index >= 15 is 0 Å². The minimum Gasteiger partial charge on any atom is -0.423 e. The quantitative estimate of drug-likeness (QED) is 0.145. The van der Waals surface area contributed by atoms with Crippen LogP contribution >= 0.6 is 0 Å². The van der Waals surface area contributed by atoms with Crippen molar-refractivity contribution in [2.45, 2.75) is 0 Å². The zero-order valence-electron chi connectivity index (χ0n) is 21.1. The van der Waals surface area contributed by atoms with Gasteiger partial charge in [0.15, 0.2) is 5.78 Å². The second-order valence-electron chi connectivity index (χ2n) is 9.03. The molecule has 2 heterocycles. The Labute approximate surface area is 235 Å². The summed E-state index contributed by atoms with van der Waals surface area (Å²) in [6, 6.07) is 19.2. The van der Waals surface area contributed by atoms with Gasteiger partial charge in [-0.3, -0.25) is 4.79 Å². The fourth-order valence-corrected chi connectivity index (χ4v) is 4.27. The number of hydrogen-bond donors (Lipinski definition) is 0. The highest BCUT2D eigenvalue weighted by molar-refractivity contribution is 6.16. The Hall–Kier alpha value is -6.23. The molecule has 2 aliphatic heterocycles. The predicted molar refractivity (Wildman–Crippen MR) is 139 cm³/mol. The van der Waals surface area contributed by atoms with Crippen LogP contribution < -0.4 is 9.47 Å². The standard InChI is InChI=1S/C31H14O11/c32-25(15-1-5-17(6-2-15)26(33)39-19-9-11-21-23(13-19)30(37)41-28(21)35)16-3-7-18(8-4-16)27(34)40-20-10-12-22-24(14-20)31(38)42-29(22)36/h1-14H. The van der Waals surface area contributed by atoms with Crippen LogP contribution in [0.25, 0.3) is 0 Å². The van der Waals surface area contributed by atoms with Crippen LogP contribution in [0.4, 0.5) is 0 Å². The Balaban J connectivity index is 1.10. The largest absolute Gasteiger partial charge is 0.423 e. The molecule has 0 N–H and O–H groups in total. The molecule has 0 bridgehead atoms. The van der Waals surface area contributed by atoms with E-state index in [1.807, 2.05) is 0 Å². The number of fused-ring (bicyclic) bond motifs is 2. The Morgan fingerprint density at radius 3 is 1.14 bits per heavy atom. The van der Waals surface area contributed by atoms with E-state index < -0.39 is 35.8 Å². The molecule has 42 heavy (non-hydrogen) atoms. The third-order valence-corrected chi connectivity index (χ3v) is 6.42. The van der Waals surface area contributed by atoms with E-state index in [4.69, 9.17) is 9.47 Å². The van der Waals surface area contributed by atoms with Gasteiger partial charge in [0.1, 0.15) is 11.5 Å². The highest BCUT2D eigenvalue weighted by Crippen LogP contribution is 2.27. The average molecular weight is 562 g/mol. The van der Waals surface area contributed by atoms with Crippen molar-refractivity contribution in [3.05, 3.63) is 129 Å². The lowest BCUT2D eigenvalue weighted by atomic mass is 10.0. The average Bonchev–Trinajstić information content (AvgIpc) is 3.44. The smallest absolute Gasteiger partial charge is 0.347 e. The van der Waals surface area contributed by atoms with Gasteiger partial charge in [-0.1, -0.05) is 24.3 Å². The van der Waals surface area contributed by atoms with E-state index in [0.717, 1.165) is 0 Å². The van der Waals surface area contributed by atoms with Gasteiger partial charge in [0.2, 0.25) is 0 Å². The van der Waals surface area contributed by atoms with Crippen LogP contribution in [0.3, 0.4) is 0 Å². The first kappa shape index (κ1) is 26.0. The van der Waals surface area contributed by atoms with Crippen LogP contribution in [0.5, 0.6) is 11.5 Å². The Morgan fingerprint density at radius 2 is 0.762 bits per heavy atom. The molecule has 0 aliphatic carbocycles. The summed E-state index contributed by atoms with van der Waals surface area (Å²) in [5.74, 6) is -4.99. The molecule has 0 saturated heterocycles. The molecule has 11 nitrogen and oxygen atoms in total. The lowest BCUT2D eigenvalue weighted by Crippen LogP contribution is -2.11. The van der Waals surface area contributed by atoms with Gasteiger partial charge in [-0.25, -0.2) is 28.8 Å². The van der Waals surface area contributed by atoms with Crippen LogP contribution in [0.1, 0.15) is 78.1 Å². The van der Waals surface area contributed by atoms with Crippen molar-refractivity contribution in [2.75, 3.05) is 0 Å². The van der Waals surface area contributed by atoms with Crippen molar-refractivity contribution in [3.8, 4) is 11.5 Å². The molecule has 204 valence electrons. The van der Waals surface area contributed by atoms with Gasteiger partial charge in [0.25, 0.3) is 0 Å². The molecule has 2 aliphatic rings. The lowest BCUT2D eigenvalue weighted by molar-refractivity contribution is 0.0425. The van der Waals surface area contributed by atoms with Crippen LogP contribution in [-0.4, -0.2) is 41.6 Å². The van der Waals surface area contributed by atoms with E-state index in [9.17, 15) is 33.6 Å². The summed E-state index contributed by atoms with van der Waals surface area (Å²) < 4.78 is 19.6. The highest BCUT2D eigenvalue weighted by Gasteiger charge is 2.31. The van der Waals surface area contributed by atoms with E-state index in [1.165, 1.54) is 84.9 Å². The second kappa shape index (κ2) is 10.1. The maximum absolute atomic E-state index is 12.9. The van der Waals surface area contributed by atoms with Gasteiger partial charge in [-0.15, -0.1) is 0 Å². The van der Waals surface area contributed by atoms with Crippen molar-refractivity contribution < 1.29 is 52.5 Å². The summed E-state index contributed by atoms with van der Waals surface area (Å²) in [6.07, 6.45) is 0. The summed E-state index contributed by atoms with van der Waals surface area (Å²) in [4.78, 5) is 84.6. The zero-order chi connectivity index (χ0) is 29.5. The molecule has 6 rings (SSSR count). The molecule has 4 aromatic carbocycles. The van der Waals surface area contributed by atoms with Crippen LogP contribution in [-0.2, 0) is 9.47 Å². The lowest BCUT2D eigenvalue weighted by Gasteiger charge is -2.07. The van der Waals surface area contributed by atoms with E-state index in [0.29, 0.717) is 0 Å². The number of hydrogen-bond acceptors (Lipinski definition) is 11. The van der Waals surface area contributed by atoms with E-state index in [1.54, 1.807) is 0 Å². The SMILES string of the molecule is O=C(Oc1ccc2c(c1)C(=O)OC2=O)c1ccc(C(=O)c2ccc(C(=O)Oc3ccc4c(c3)C(=O)OC4=O)cc2)cc1. The minimum absolute atomic E-state index is 0.00182. The third kappa shape index (κ3) is 4.71. The van der Waals surface area contributed by atoms with E-state index in [-0.39, 0.29) is 61.8 Å². The topological polar surface area (TPSA) is 156 Å². The molecule has 0 radical (unpaired) electrons. The number of ether oxygens (including phenoxy) is 4. The van der Waals surface area contributed by atoms with Crippen molar-refractivity contribution in [1.29, 1.82) is 0 Å². The van der Waals surface area contributed by atoms with Gasteiger partial charge in [0, 0.05) is 11.1 Å². The summed E-state index contributed by atoms with van der Waals surface area (Å²) in [5, 5.41) is 0. The normalized spacial score (nSPS) is 13.1. The second-order valence-corrected chi connectivity index (χ2v) is 9.03. The minimum atomic E-state index is -0.827. The molecule has 0 saturated carbocycles. The van der Waals surface area contributed by atoms with Crippen LogP contribution in [0.15, 0.2) is 84.9 Å². The first-order valence-corrected chi connectivity index (χ1v) is 12.2. The molecular formula is C31H14O11. The fraction of sp³-hybridized carbons (Fsp3) is 0. The van der Waals surface area contributed by atoms with E-state index in [2.05, 4.69) is 9.47 Å². The Kier molecular flexibility index (Phi) is 6.23. The van der Waals surface area contributed by atoms with Crippen molar-refractivity contribution in [2.24, 2.45) is 0 Å². The van der Waals surface area contributed by atoms with Gasteiger partial charge < -0.3 is 18.9 Å². The molecular weight excluding hydrogens is 548 g/mol. The fourth-order valence-electron chi connectivity index (χ4n) is 4.27. The maximum Gasteiger partial charge on any atom is 0.347 e. The molecule has 0 amide bonds. The number of rotatable bonds is 6.